The van der Waals surface area contributed by atoms with E-state index in [1.807, 2.05) is 54.6 Å². The molecule has 0 bridgehead atoms. The highest BCUT2D eigenvalue weighted by atomic mass is 16.3. The maximum absolute atomic E-state index is 6.43. The lowest BCUT2D eigenvalue weighted by molar-refractivity contribution is 0.620. The fourth-order valence-electron chi connectivity index (χ4n) is 7.83. The van der Waals surface area contributed by atoms with Crippen LogP contribution in [0.3, 0.4) is 0 Å². The molecule has 0 N–H and O–H groups in total. The van der Waals surface area contributed by atoms with Crippen LogP contribution in [0.5, 0.6) is 0 Å². The molecule has 0 fully saturated rings. The Labute approximate surface area is 304 Å². The van der Waals surface area contributed by atoms with E-state index in [1.165, 1.54) is 5.56 Å². The average Bonchev–Trinajstić information content (AvgIpc) is 3.93. The van der Waals surface area contributed by atoms with Crippen LogP contribution in [0.2, 0.25) is 0 Å². The van der Waals surface area contributed by atoms with Gasteiger partial charge in [0.25, 0.3) is 0 Å². The topological polar surface area (TPSA) is 81.1 Å². The van der Waals surface area contributed by atoms with Crippen LogP contribution in [0.1, 0.15) is 11.5 Å². The zero-order valence-corrected chi connectivity index (χ0v) is 28.3. The Morgan fingerprint density at radius 2 is 1.25 bits per heavy atom. The lowest BCUT2D eigenvalue weighted by Crippen LogP contribution is -2.30. The van der Waals surface area contributed by atoms with Crippen molar-refractivity contribution in [2.45, 2.75) is 12.0 Å². The number of aromatic nitrogens is 4. The van der Waals surface area contributed by atoms with Gasteiger partial charge in [-0.3, -0.25) is 0 Å². The van der Waals surface area contributed by atoms with E-state index >= 15 is 0 Å². The van der Waals surface area contributed by atoms with Gasteiger partial charge in [-0.25, -0.2) is 9.97 Å². The maximum atomic E-state index is 6.43. The molecule has 0 radical (unpaired) electrons. The quantitative estimate of drug-likeness (QED) is 0.179. The zero-order valence-electron chi connectivity index (χ0n) is 28.3. The summed E-state index contributed by atoms with van der Waals surface area (Å²) in [5.74, 6) is 2.50. The van der Waals surface area contributed by atoms with Crippen molar-refractivity contribution in [3.05, 3.63) is 169 Å². The number of fused-ring (bicyclic) bond motifs is 7. The van der Waals surface area contributed by atoms with E-state index in [-0.39, 0.29) is 12.0 Å². The number of rotatable bonds is 5. The smallest absolute Gasteiger partial charge is 0.234 e. The minimum absolute atomic E-state index is 0.0328. The molecule has 0 spiro atoms. The number of furan rings is 1. The third-order valence-corrected chi connectivity index (χ3v) is 10.3. The van der Waals surface area contributed by atoms with Gasteiger partial charge in [0, 0.05) is 39.1 Å². The molecule has 9 aromatic rings. The van der Waals surface area contributed by atoms with Crippen LogP contribution >= 0.6 is 0 Å². The van der Waals surface area contributed by atoms with E-state index < -0.39 is 0 Å². The van der Waals surface area contributed by atoms with Crippen molar-refractivity contribution in [2.24, 2.45) is 0 Å². The Balaban J connectivity index is 1.11. The first-order chi connectivity index (χ1) is 26.2. The molecule has 7 nitrogen and oxygen atoms in total. The molecule has 1 aliphatic carbocycles. The van der Waals surface area contributed by atoms with Crippen molar-refractivity contribution in [1.29, 1.82) is 0 Å². The minimum Gasteiger partial charge on any atom is -0.456 e. The van der Waals surface area contributed by atoms with Gasteiger partial charge in [-0.1, -0.05) is 121 Å². The summed E-state index contributed by atoms with van der Waals surface area (Å²) >= 11 is 0. The van der Waals surface area contributed by atoms with Gasteiger partial charge in [0.15, 0.2) is 17.2 Å². The van der Waals surface area contributed by atoms with Crippen molar-refractivity contribution in [3.63, 3.8) is 0 Å². The lowest BCUT2D eigenvalue weighted by atomic mass is 9.92. The summed E-state index contributed by atoms with van der Waals surface area (Å²) in [5.41, 5.74) is 10.3. The fourth-order valence-corrected chi connectivity index (χ4v) is 7.83. The highest BCUT2D eigenvalue weighted by Gasteiger charge is 2.39. The van der Waals surface area contributed by atoms with Gasteiger partial charge in [-0.15, -0.1) is 0 Å². The Bertz CT molecular complexity index is 2890. The highest BCUT2D eigenvalue weighted by Crippen LogP contribution is 2.47. The molecule has 2 aliphatic rings. The summed E-state index contributed by atoms with van der Waals surface area (Å²) in [6.07, 6.45) is 8.74. The van der Waals surface area contributed by atoms with Crippen LogP contribution in [0.25, 0.3) is 78.4 Å². The molecule has 6 aromatic carbocycles. The van der Waals surface area contributed by atoms with Gasteiger partial charge in [0.1, 0.15) is 16.7 Å². The van der Waals surface area contributed by atoms with E-state index in [1.54, 1.807) is 0 Å². The molecule has 4 heterocycles. The highest BCUT2D eigenvalue weighted by molar-refractivity contribution is 6.12. The summed E-state index contributed by atoms with van der Waals surface area (Å²) < 4.78 is 12.6. The predicted octanol–water partition coefficient (Wildman–Crippen LogP) is 11.3. The number of anilines is 2. The Hall–Kier alpha value is -7.12. The van der Waals surface area contributed by atoms with Crippen LogP contribution in [-0.4, -0.2) is 26.0 Å². The SMILES string of the molecule is C1=CC2c3ccccc3N(c3nc(-c4ccc(-c5ccccc5)cc4)nc(-c4cccc5oc6ccc(-c7nc8ccccc8o7)cc6c45)n3)C2C=C1. The third kappa shape index (κ3) is 4.82. The molecule has 2 unspecified atom stereocenters. The molecule has 0 saturated heterocycles. The first-order valence-corrected chi connectivity index (χ1v) is 17.7. The van der Waals surface area contributed by atoms with Gasteiger partial charge in [-0.05, 0) is 59.2 Å². The fraction of sp³-hybridized carbons (Fsp3) is 0.0435. The monoisotopic (exact) mass is 683 g/mol. The second kappa shape index (κ2) is 11.7. The summed E-state index contributed by atoms with van der Waals surface area (Å²) in [6, 6.07) is 47.3. The summed E-state index contributed by atoms with van der Waals surface area (Å²) in [5, 5.41) is 1.85. The first-order valence-electron chi connectivity index (χ1n) is 17.7. The van der Waals surface area contributed by atoms with E-state index in [2.05, 4.69) is 114 Å². The first kappa shape index (κ1) is 29.6. The van der Waals surface area contributed by atoms with Crippen LogP contribution < -0.4 is 4.90 Å². The minimum atomic E-state index is 0.0328. The van der Waals surface area contributed by atoms with Gasteiger partial charge in [0.05, 0.1) is 6.04 Å². The molecule has 0 saturated carbocycles. The number of nitrogens with zero attached hydrogens (tertiary/aromatic N) is 5. The molecule has 2 atom stereocenters. The number of para-hydroxylation sites is 3. The summed E-state index contributed by atoms with van der Waals surface area (Å²) in [4.78, 5) is 22.7. The van der Waals surface area contributed by atoms with Gasteiger partial charge < -0.3 is 13.7 Å². The van der Waals surface area contributed by atoms with Gasteiger partial charge in [0.2, 0.25) is 11.8 Å². The van der Waals surface area contributed by atoms with Crippen molar-refractivity contribution in [1.82, 2.24) is 19.9 Å². The second-order valence-corrected chi connectivity index (χ2v) is 13.4. The second-order valence-electron chi connectivity index (χ2n) is 13.4. The van der Waals surface area contributed by atoms with Crippen LogP contribution in [0.4, 0.5) is 11.6 Å². The molecule has 1 aliphatic heterocycles. The normalized spacial score (nSPS) is 16.1. The summed E-state index contributed by atoms with van der Waals surface area (Å²) in [7, 11) is 0. The molecule has 11 rings (SSSR count). The van der Waals surface area contributed by atoms with Crippen molar-refractivity contribution in [2.75, 3.05) is 4.90 Å². The molecule has 7 heteroatoms. The van der Waals surface area contributed by atoms with E-state index in [9.17, 15) is 0 Å². The molecular formula is C46H29N5O2. The number of hydrogen-bond donors (Lipinski definition) is 0. The van der Waals surface area contributed by atoms with Crippen molar-refractivity contribution in [3.8, 4) is 45.4 Å². The van der Waals surface area contributed by atoms with Crippen molar-refractivity contribution < 1.29 is 8.83 Å². The average molecular weight is 684 g/mol. The van der Waals surface area contributed by atoms with E-state index in [0.29, 0.717) is 23.5 Å². The Morgan fingerprint density at radius 1 is 0.509 bits per heavy atom. The van der Waals surface area contributed by atoms with Crippen LogP contribution in [0, 0.1) is 0 Å². The third-order valence-electron chi connectivity index (χ3n) is 10.3. The Morgan fingerprint density at radius 3 is 2.15 bits per heavy atom. The molecule has 250 valence electrons. The number of hydrogen-bond acceptors (Lipinski definition) is 7. The largest absolute Gasteiger partial charge is 0.456 e. The van der Waals surface area contributed by atoms with Crippen molar-refractivity contribution >= 4 is 44.7 Å². The molecule has 53 heavy (non-hydrogen) atoms. The maximum Gasteiger partial charge on any atom is 0.234 e. The molecular weight excluding hydrogens is 655 g/mol. The number of allylic oxidation sites excluding steroid dienone is 2. The standard InChI is InChI=1S/C46H29N5O2/c1-2-11-28(12-3-1)29-21-23-30(24-22-29)43-48-44(50-46(49-43)51-37-17-7-4-13-32(37)33-14-5-8-18-38(33)51)34-15-10-20-41-42(34)35-27-31(25-26-39(35)52-41)45-47-36-16-6-9-19-40(36)53-45/h1-27,32,37H. The van der Waals surface area contributed by atoms with E-state index in [4.69, 9.17) is 28.8 Å². The molecule has 3 aromatic heterocycles. The van der Waals surface area contributed by atoms with Crippen LogP contribution in [0.15, 0.2) is 173 Å². The predicted molar refractivity (Wildman–Crippen MR) is 210 cm³/mol. The van der Waals surface area contributed by atoms with Gasteiger partial charge in [-0.2, -0.15) is 9.97 Å². The molecule has 0 amide bonds. The summed E-state index contributed by atoms with van der Waals surface area (Å²) in [6.45, 7) is 0. The number of benzene rings is 6. The van der Waals surface area contributed by atoms with Crippen LogP contribution in [-0.2, 0) is 0 Å². The Kier molecular flexibility index (Phi) is 6.54. The van der Waals surface area contributed by atoms with Gasteiger partial charge >= 0.3 is 0 Å². The van der Waals surface area contributed by atoms with E-state index in [0.717, 1.165) is 66.5 Å². The zero-order chi connectivity index (χ0) is 34.9. The number of oxazole rings is 1. The lowest BCUT2D eigenvalue weighted by Gasteiger charge is -2.27.